The molecule has 0 saturated heterocycles. The van der Waals surface area contributed by atoms with Crippen LogP contribution in [0.3, 0.4) is 0 Å². The first kappa shape index (κ1) is 15.2. The Hall–Kier alpha value is -2.74. The molecule has 0 radical (unpaired) electrons. The first-order chi connectivity index (χ1) is 11.0. The molecular formula is C15H15N5O2S. The molecule has 0 saturated carbocycles. The van der Waals surface area contributed by atoms with E-state index in [2.05, 4.69) is 19.8 Å². The average molecular weight is 329 g/mol. The topological polar surface area (TPSA) is 89.8 Å². The first-order valence-corrected chi connectivity index (χ1v) is 8.55. The van der Waals surface area contributed by atoms with Crippen molar-refractivity contribution in [2.24, 2.45) is 0 Å². The first-order valence-electron chi connectivity index (χ1n) is 6.90. The third-order valence-corrected chi connectivity index (χ3v) is 4.32. The van der Waals surface area contributed by atoms with Crippen molar-refractivity contribution in [3.8, 4) is 5.82 Å². The van der Waals surface area contributed by atoms with E-state index < -0.39 is 10.0 Å². The minimum atomic E-state index is -3.56. The number of aryl methyl sites for hydroxylation is 1. The van der Waals surface area contributed by atoms with E-state index in [0.717, 1.165) is 11.1 Å². The van der Waals surface area contributed by atoms with Gasteiger partial charge in [-0.2, -0.15) is 5.10 Å². The van der Waals surface area contributed by atoms with Crippen LogP contribution in [-0.2, 0) is 15.8 Å². The standard InChI is InChI=1S/C15H15N5O2S/c1-12-4-2-5-13(8-12)10-23(21,22)19-14-9-15(17-11-16-14)20-7-3-6-18-20/h2-9,11H,10H2,1H3,(H,16,17,19). The SMILES string of the molecule is Cc1cccc(CS(=O)(=O)Nc2cc(-n3cccn3)ncn2)c1. The van der Waals surface area contributed by atoms with E-state index >= 15 is 0 Å². The van der Waals surface area contributed by atoms with Gasteiger partial charge in [0.15, 0.2) is 5.82 Å². The minimum absolute atomic E-state index is 0.115. The number of nitrogens with one attached hydrogen (secondary N) is 1. The van der Waals surface area contributed by atoms with Crippen molar-refractivity contribution in [3.05, 3.63) is 66.2 Å². The normalized spacial score (nSPS) is 11.3. The summed E-state index contributed by atoms with van der Waals surface area (Å²) in [6, 6.07) is 10.7. The maximum Gasteiger partial charge on any atom is 0.238 e. The van der Waals surface area contributed by atoms with Gasteiger partial charge < -0.3 is 0 Å². The molecule has 0 spiro atoms. The lowest BCUT2D eigenvalue weighted by Gasteiger charge is -2.08. The van der Waals surface area contributed by atoms with E-state index in [4.69, 9.17) is 0 Å². The lowest BCUT2D eigenvalue weighted by atomic mass is 10.2. The molecule has 8 heteroatoms. The molecule has 0 unspecified atom stereocenters. The summed E-state index contributed by atoms with van der Waals surface area (Å²) in [5.41, 5.74) is 1.74. The lowest BCUT2D eigenvalue weighted by Crippen LogP contribution is -2.16. The smallest absolute Gasteiger partial charge is 0.238 e. The van der Waals surface area contributed by atoms with Crippen LogP contribution < -0.4 is 4.72 Å². The number of nitrogens with zero attached hydrogens (tertiary/aromatic N) is 4. The average Bonchev–Trinajstić information content (AvgIpc) is 3.00. The molecule has 0 aliphatic carbocycles. The third-order valence-electron chi connectivity index (χ3n) is 3.09. The van der Waals surface area contributed by atoms with Crippen molar-refractivity contribution in [3.63, 3.8) is 0 Å². The molecular weight excluding hydrogens is 314 g/mol. The third kappa shape index (κ3) is 3.92. The Kier molecular flexibility index (Phi) is 4.07. The number of rotatable bonds is 5. The molecule has 2 heterocycles. The number of anilines is 1. The van der Waals surface area contributed by atoms with Crippen LogP contribution in [0.4, 0.5) is 5.82 Å². The van der Waals surface area contributed by atoms with E-state index in [1.54, 1.807) is 24.5 Å². The highest BCUT2D eigenvalue weighted by molar-refractivity contribution is 7.91. The van der Waals surface area contributed by atoms with Gasteiger partial charge in [-0.25, -0.2) is 23.1 Å². The van der Waals surface area contributed by atoms with Gasteiger partial charge >= 0.3 is 0 Å². The van der Waals surface area contributed by atoms with E-state index in [0.29, 0.717) is 5.82 Å². The van der Waals surface area contributed by atoms with Gasteiger partial charge in [0.05, 0.1) is 5.75 Å². The van der Waals surface area contributed by atoms with E-state index in [1.165, 1.54) is 17.1 Å². The molecule has 0 aliphatic rings. The van der Waals surface area contributed by atoms with Gasteiger partial charge in [0.25, 0.3) is 0 Å². The number of hydrogen-bond donors (Lipinski definition) is 1. The Morgan fingerprint density at radius 3 is 2.78 bits per heavy atom. The summed E-state index contributed by atoms with van der Waals surface area (Å²) in [7, 11) is -3.56. The van der Waals surface area contributed by atoms with Gasteiger partial charge in [-0.3, -0.25) is 4.72 Å². The fourth-order valence-electron chi connectivity index (χ4n) is 2.15. The zero-order chi connectivity index (χ0) is 16.3. The minimum Gasteiger partial charge on any atom is -0.267 e. The Labute approximate surface area is 134 Å². The molecule has 3 aromatic rings. The van der Waals surface area contributed by atoms with Crippen LogP contribution in [0.2, 0.25) is 0 Å². The van der Waals surface area contributed by atoms with Gasteiger partial charge in [0.1, 0.15) is 12.1 Å². The molecule has 23 heavy (non-hydrogen) atoms. The lowest BCUT2D eigenvalue weighted by molar-refractivity contribution is 0.600. The number of aromatic nitrogens is 4. The predicted molar refractivity (Wildman–Crippen MR) is 86.6 cm³/mol. The number of benzene rings is 1. The van der Waals surface area contributed by atoms with E-state index in [9.17, 15) is 8.42 Å². The largest absolute Gasteiger partial charge is 0.267 e. The predicted octanol–water partition coefficient (Wildman–Crippen LogP) is 1.91. The fourth-order valence-corrected chi connectivity index (χ4v) is 3.27. The fraction of sp³-hybridized carbons (Fsp3) is 0.133. The molecule has 0 atom stereocenters. The summed E-state index contributed by atoms with van der Waals surface area (Å²) in [5.74, 6) is 0.576. The van der Waals surface area contributed by atoms with Crippen molar-refractivity contribution in [2.75, 3.05) is 4.72 Å². The quantitative estimate of drug-likeness (QED) is 0.772. The molecule has 0 amide bonds. The number of sulfonamides is 1. The maximum atomic E-state index is 12.3. The summed E-state index contributed by atoms with van der Waals surface area (Å²) in [4.78, 5) is 8.01. The summed E-state index contributed by atoms with van der Waals surface area (Å²) in [5, 5.41) is 4.05. The Morgan fingerprint density at radius 2 is 2.04 bits per heavy atom. The molecule has 1 N–H and O–H groups in total. The molecule has 1 aromatic carbocycles. The van der Waals surface area contributed by atoms with Crippen molar-refractivity contribution in [2.45, 2.75) is 12.7 Å². The van der Waals surface area contributed by atoms with Crippen LogP contribution >= 0.6 is 0 Å². The van der Waals surface area contributed by atoms with Crippen LogP contribution in [0.1, 0.15) is 11.1 Å². The zero-order valence-electron chi connectivity index (χ0n) is 12.4. The monoisotopic (exact) mass is 329 g/mol. The summed E-state index contributed by atoms with van der Waals surface area (Å²) >= 11 is 0. The number of hydrogen-bond acceptors (Lipinski definition) is 5. The van der Waals surface area contributed by atoms with Crippen molar-refractivity contribution in [1.82, 2.24) is 19.7 Å². The molecule has 118 valence electrons. The Morgan fingerprint density at radius 1 is 1.17 bits per heavy atom. The molecule has 0 aliphatic heterocycles. The van der Waals surface area contributed by atoms with Crippen LogP contribution in [-0.4, -0.2) is 28.2 Å². The highest BCUT2D eigenvalue weighted by atomic mass is 32.2. The van der Waals surface area contributed by atoms with Crippen LogP contribution in [0.25, 0.3) is 5.82 Å². The molecule has 0 bridgehead atoms. The second kappa shape index (κ2) is 6.17. The second-order valence-electron chi connectivity index (χ2n) is 5.06. The van der Waals surface area contributed by atoms with Gasteiger partial charge in [-0.1, -0.05) is 29.8 Å². The maximum absolute atomic E-state index is 12.3. The summed E-state index contributed by atoms with van der Waals surface area (Å²) in [6.45, 7) is 1.92. The summed E-state index contributed by atoms with van der Waals surface area (Å²) in [6.07, 6.45) is 4.62. The molecule has 2 aromatic heterocycles. The Bertz CT molecular complexity index is 907. The second-order valence-corrected chi connectivity index (χ2v) is 6.78. The zero-order valence-corrected chi connectivity index (χ0v) is 13.2. The Balaban J connectivity index is 1.79. The van der Waals surface area contributed by atoms with Crippen LogP contribution in [0.15, 0.2) is 55.1 Å². The van der Waals surface area contributed by atoms with Crippen molar-refractivity contribution >= 4 is 15.8 Å². The van der Waals surface area contributed by atoms with Gasteiger partial charge in [-0.05, 0) is 18.6 Å². The van der Waals surface area contributed by atoms with Crippen molar-refractivity contribution in [1.29, 1.82) is 0 Å². The van der Waals surface area contributed by atoms with Crippen LogP contribution in [0, 0.1) is 6.92 Å². The van der Waals surface area contributed by atoms with Gasteiger partial charge in [-0.15, -0.1) is 0 Å². The van der Waals surface area contributed by atoms with Crippen LogP contribution in [0.5, 0.6) is 0 Å². The van der Waals surface area contributed by atoms with E-state index in [-0.39, 0.29) is 11.6 Å². The van der Waals surface area contributed by atoms with Crippen molar-refractivity contribution < 1.29 is 8.42 Å². The van der Waals surface area contributed by atoms with Gasteiger partial charge in [0.2, 0.25) is 10.0 Å². The van der Waals surface area contributed by atoms with Gasteiger partial charge in [0, 0.05) is 18.5 Å². The molecule has 0 fully saturated rings. The molecule has 7 nitrogen and oxygen atoms in total. The van der Waals surface area contributed by atoms with E-state index in [1.807, 2.05) is 25.1 Å². The highest BCUT2D eigenvalue weighted by Crippen LogP contribution is 2.13. The summed E-state index contributed by atoms with van der Waals surface area (Å²) < 4.78 is 28.6. The molecule has 3 rings (SSSR count). The highest BCUT2D eigenvalue weighted by Gasteiger charge is 2.13.